The van der Waals surface area contributed by atoms with E-state index >= 15 is 0 Å². The van der Waals surface area contributed by atoms with Gasteiger partial charge in [-0.1, -0.05) is 18.2 Å². The molecule has 0 saturated carbocycles. The van der Waals surface area contributed by atoms with E-state index in [1.807, 2.05) is 26.8 Å². The van der Waals surface area contributed by atoms with Crippen LogP contribution in [-0.4, -0.2) is 47.7 Å². The smallest absolute Gasteiger partial charge is 0.338 e. The lowest BCUT2D eigenvalue weighted by molar-refractivity contribution is 0.0186. The van der Waals surface area contributed by atoms with Gasteiger partial charge in [-0.05, 0) is 75.9 Å². The molecule has 170 valence electrons. The molecule has 4 rings (SSSR count). The molecule has 1 aliphatic rings. The Hall–Kier alpha value is -2.63. The Morgan fingerprint density at radius 3 is 2.38 bits per heavy atom. The maximum Gasteiger partial charge on any atom is 0.338 e. The number of rotatable bonds is 5. The molecular formula is C27H34N2O3. The summed E-state index contributed by atoms with van der Waals surface area (Å²) in [5.74, 6) is -0.261. The number of morpholine rings is 1. The second kappa shape index (κ2) is 9.08. The Morgan fingerprint density at radius 2 is 1.72 bits per heavy atom. The SMILES string of the molecule is Cc1ccc(-c2ccn3c(C(C)N4CCOCC4)c(C)c(C(=O)OC(C)C)cc23)cc1C. The van der Waals surface area contributed by atoms with Crippen molar-refractivity contribution in [3.8, 4) is 11.1 Å². The van der Waals surface area contributed by atoms with Gasteiger partial charge in [0.15, 0.2) is 0 Å². The highest BCUT2D eigenvalue weighted by atomic mass is 16.5. The van der Waals surface area contributed by atoms with E-state index in [2.05, 4.69) is 60.5 Å². The van der Waals surface area contributed by atoms with Crippen molar-refractivity contribution in [2.24, 2.45) is 0 Å². The van der Waals surface area contributed by atoms with Gasteiger partial charge in [0.2, 0.25) is 0 Å². The molecule has 0 radical (unpaired) electrons. The van der Waals surface area contributed by atoms with Crippen LogP contribution in [0.4, 0.5) is 0 Å². The number of aromatic nitrogens is 1. The predicted molar refractivity (Wildman–Crippen MR) is 128 cm³/mol. The maximum atomic E-state index is 13.1. The van der Waals surface area contributed by atoms with E-state index in [4.69, 9.17) is 9.47 Å². The Kier molecular flexibility index (Phi) is 6.40. The lowest BCUT2D eigenvalue weighted by atomic mass is 9.98. The number of carbonyl (C=O) groups is 1. The number of nitrogens with zero attached hydrogens (tertiary/aromatic N) is 2. The van der Waals surface area contributed by atoms with Gasteiger partial charge in [-0.15, -0.1) is 0 Å². The van der Waals surface area contributed by atoms with Crippen molar-refractivity contribution < 1.29 is 14.3 Å². The van der Waals surface area contributed by atoms with Crippen LogP contribution in [0.3, 0.4) is 0 Å². The molecule has 2 aromatic heterocycles. The molecule has 1 aliphatic heterocycles. The van der Waals surface area contributed by atoms with Crippen molar-refractivity contribution in [3.05, 3.63) is 64.5 Å². The van der Waals surface area contributed by atoms with Gasteiger partial charge in [-0.25, -0.2) is 4.79 Å². The van der Waals surface area contributed by atoms with Crippen molar-refractivity contribution in [1.29, 1.82) is 0 Å². The summed E-state index contributed by atoms with van der Waals surface area (Å²) in [4.78, 5) is 15.5. The predicted octanol–water partition coefficient (Wildman–Crippen LogP) is 5.49. The first-order valence-electron chi connectivity index (χ1n) is 11.5. The van der Waals surface area contributed by atoms with Crippen LogP contribution in [0.5, 0.6) is 0 Å². The summed E-state index contributed by atoms with van der Waals surface area (Å²) < 4.78 is 13.4. The summed E-state index contributed by atoms with van der Waals surface area (Å²) in [6.07, 6.45) is 1.97. The summed E-state index contributed by atoms with van der Waals surface area (Å²) in [5, 5.41) is 0. The number of hydrogen-bond donors (Lipinski definition) is 0. The average Bonchev–Trinajstić information content (AvgIpc) is 3.18. The average molecular weight is 435 g/mol. The molecule has 1 atom stereocenters. The Morgan fingerprint density at radius 1 is 1.00 bits per heavy atom. The number of pyridine rings is 1. The molecule has 5 heteroatoms. The molecule has 3 heterocycles. The number of benzene rings is 1. The molecule has 0 N–H and O–H groups in total. The largest absolute Gasteiger partial charge is 0.459 e. The minimum atomic E-state index is -0.261. The van der Waals surface area contributed by atoms with Crippen molar-refractivity contribution >= 4 is 11.5 Å². The lowest BCUT2D eigenvalue weighted by Gasteiger charge is -2.34. The van der Waals surface area contributed by atoms with Crippen LogP contribution in [0.1, 0.15) is 59.6 Å². The van der Waals surface area contributed by atoms with E-state index in [9.17, 15) is 4.79 Å². The first-order chi connectivity index (χ1) is 15.3. The van der Waals surface area contributed by atoms with Crippen LogP contribution in [0.15, 0.2) is 36.5 Å². The van der Waals surface area contributed by atoms with E-state index < -0.39 is 0 Å². The van der Waals surface area contributed by atoms with Crippen molar-refractivity contribution in [1.82, 2.24) is 9.30 Å². The first kappa shape index (κ1) is 22.6. The Balaban J connectivity index is 1.92. The number of hydrogen-bond acceptors (Lipinski definition) is 4. The molecule has 0 bridgehead atoms. The third kappa shape index (κ3) is 4.19. The van der Waals surface area contributed by atoms with Gasteiger partial charge in [0.05, 0.1) is 30.4 Å². The van der Waals surface area contributed by atoms with E-state index in [-0.39, 0.29) is 18.1 Å². The van der Waals surface area contributed by atoms with Crippen LogP contribution < -0.4 is 0 Å². The fourth-order valence-corrected chi connectivity index (χ4v) is 4.66. The van der Waals surface area contributed by atoms with Crippen LogP contribution in [0.25, 0.3) is 16.6 Å². The molecule has 1 aromatic carbocycles. The van der Waals surface area contributed by atoms with E-state index in [1.54, 1.807) is 0 Å². The molecule has 0 aliphatic carbocycles. The molecule has 0 spiro atoms. The number of esters is 1. The van der Waals surface area contributed by atoms with Crippen molar-refractivity contribution in [3.63, 3.8) is 0 Å². The van der Waals surface area contributed by atoms with Gasteiger partial charge in [0.25, 0.3) is 0 Å². The topological polar surface area (TPSA) is 43.2 Å². The van der Waals surface area contributed by atoms with E-state index in [1.165, 1.54) is 11.1 Å². The zero-order valence-corrected chi connectivity index (χ0v) is 20.1. The number of fused-ring (bicyclic) bond motifs is 1. The molecule has 5 nitrogen and oxygen atoms in total. The Bertz CT molecular complexity index is 1140. The van der Waals surface area contributed by atoms with Gasteiger partial charge in [0, 0.05) is 36.6 Å². The van der Waals surface area contributed by atoms with E-state index in [0.717, 1.165) is 54.2 Å². The summed E-state index contributed by atoms with van der Waals surface area (Å²) in [6, 6.07) is 10.9. The van der Waals surface area contributed by atoms with E-state index in [0.29, 0.717) is 5.56 Å². The zero-order valence-electron chi connectivity index (χ0n) is 20.1. The van der Waals surface area contributed by atoms with Crippen molar-refractivity contribution in [2.45, 2.75) is 53.7 Å². The molecule has 1 saturated heterocycles. The highest BCUT2D eigenvalue weighted by Crippen LogP contribution is 2.34. The van der Waals surface area contributed by atoms with Crippen LogP contribution >= 0.6 is 0 Å². The second-order valence-corrected chi connectivity index (χ2v) is 9.13. The van der Waals surface area contributed by atoms with Gasteiger partial charge in [-0.3, -0.25) is 4.90 Å². The van der Waals surface area contributed by atoms with Crippen LogP contribution in [0, 0.1) is 20.8 Å². The fourth-order valence-electron chi connectivity index (χ4n) is 4.66. The quantitative estimate of drug-likeness (QED) is 0.498. The minimum Gasteiger partial charge on any atom is -0.459 e. The highest BCUT2D eigenvalue weighted by molar-refractivity contribution is 5.95. The highest BCUT2D eigenvalue weighted by Gasteiger charge is 2.26. The zero-order chi connectivity index (χ0) is 23.0. The molecule has 1 unspecified atom stereocenters. The molecular weight excluding hydrogens is 400 g/mol. The molecule has 0 amide bonds. The third-order valence-corrected chi connectivity index (χ3v) is 6.62. The first-order valence-corrected chi connectivity index (χ1v) is 11.5. The monoisotopic (exact) mass is 434 g/mol. The minimum absolute atomic E-state index is 0.146. The molecule has 32 heavy (non-hydrogen) atoms. The van der Waals surface area contributed by atoms with Crippen LogP contribution in [-0.2, 0) is 9.47 Å². The number of ether oxygens (including phenoxy) is 2. The summed E-state index contributed by atoms with van der Waals surface area (Å²) in [6.45, 7) is 15.5. The summed E-state index contributed by atoms with van der Waals surface area (Å²) in [7, 11) is 0. The third-order valence-electron chi connectivity index (χ3n) is 6.62. The van der Waals surface area contributed by atoms with Gasteiger partial charge >= 0.3 is 5.97 Å². The van der Waals surface area contributed by atoms with Gasteiger partial charge < -0.3 is 13.9 Å². The van der Waals surface area contributed by atoms with Gasteiger partial charge in [0.1, 0.15) is 0 Å². The number of carbonyl (C=O) groups excluding carboxylic acids is 1. The molecule has 1 fully saturated rings. The number of aryl methyl sites for hydroxylation is 2. The normalized spacial score (nSPS) is 16.0. The summed E-state index contributed by atoms with van der Waals surface area (Å²) in [5.41, 5.74) is 8.61. The van der Waals surface area contributed by atoms with Gasteiger partial charge in [-0.2, -0.15) is 0 Å². The standard InChI is InChI=1S/C27H34N2O3/c1-17(2)32-27(30)24-16-25-23(22-8-7-18(3)19(4)15-22)9-10-29(25)26(20(24)5)21(6)28-11-13-31-14-12-28/h7-10,15-17,21H,11-14H2,1-6H3. The second-order valence-electron chi connectivity index (χ2n) is 9.13. The maximum absolute atomic E-state index is 13.1. The summed E-state index contributed by atoms with van der Waals surface area (Å²) >= 11 is 0. The van der Waals surface area contributed by atoms with Crippen molar-refractivity contribution in [2.75, 3.05) is 26.3 Å². The molecule has 3 aromatic rings. The fraction of sp³-hybridized carbons (Fsp3) is 0.444. The van der Waals surface area contributed by atoms with Crippen LogP contribution in [0.2, 0.25) is 0 Å². The Labute approximate surface area is 190 Å². The lowest BCUT2D eigenvalue weighted by Crippen LogP contribution is -2.39.